The number of hydrazone groups is 1. The molecular weight excluding hydrogens is 447 g/mol. The Balaban J connectivity index is 1.57. The second kappa shape index (κ2) is 10.7. The highest BCUT2D eigenvalue weighted by Gasteiger charge is 2.28. The van der Waals surface area contributed by atoms with Crippen LogP contribution in [0.4, 0.5) is 15.8 Å². The van der Waals surface area contributed by atoms with Gasteiger partial charge in [-0.1, -0.05) is 29.8 Å². The van der Waals surface area contributed by atoms with Gasteiger partial charge in [0.2, 0.25) is 0 Å². The Morgan fingerprint density at radius 2 is 1.85 bits per heavy atom. The molecule has 8 heteroatoms. The van der Waals surface area contributed by atoms with E-state index >= 15 is 4.39 Å². The molecule has 0 aromatic heterocycles. The van der Waals surface area contributed by atoms with Crippen LogP contribution in [0, 0.1) is 12.7 Å². The molecule has 0 bridgehead atoms. The van der Waals surface area contributed by atoms with Gasteiger partial charge in [-0.15, -0.1) is 0 Å². The fourth-order valence-electron chi connectivity index (χ4n) is 5.11. The number of hydrogen-bond acceptors (Lipinski definition) is 5. The van der Waals surface area contributed by atoms with Crippen molar-refractivity contribution in [3.63, 3.8) is 0 Å². The van der Waals surface area contributed by atoms with Crippen LogP contribution < -0.4 is 21.0 Å². The molecule has 34 heavy (non-hydrogen) atoms. The molecule has 182 valence electrons. The Morgan fingerprint density at radius 1 is 1.12 bits per heavy atom. The lowest BCUT2D eigenvalue weighted by Gasteiger charge is -2.35. The Hall–Kier alpha value is -2.71. The molecule has 2 fully saturated rings. The van der Waals surface area contributed by atoms with Crippen molar-refractivity contribution in [1.29, 1.82) is 0 Å². The van der Waals surface area contributed by atoms with E-state index in [1.165, 1.54) is 11.1 Å². The lowest BCUT2D eigenvalue weighted by Crippen LogP contribution is -2.34. The number of benzene rings is 2. The molecule has 3 N–H and O–H groups in total. The van der Waals surface area contributed by atoms with Gasteiger partial charge in [0.25, 0.3) is 0 Å². The number of anilines is 2. The molecule has 0 unspecified atom stereocenters. The number of nitrogens with zero attached hydrogens (tertiary/aromatic N) is 4. The predicted octanol–water partition coefficient (Wildman–Crippen LogP) is 3.83. The summed E-state index contributed by atoms with van der Waals surface area (Å²) in [5.41, 5.74) is 13.1. The van der Waals surface area contributed by atoms with Crippen LogP contribution in [0.5, 0.6) is 0 Å². The maximum absolute atomic E-state index is 15.4. The summed E-state index contributed by atoms with van der Waals surface area (Å²) in [6.45, 7) is 5.64. The van der Waals surface area contributed by atoms with Crippen molar-refractivity contribution in [2.75, 3.05) is 50.1 Å². The SMILES string of the molecule is Cc1cccc(C2CCN(c3cc(N4CC[C@@H](N(C)C)C4)c(C=NNC(N)=S)cc3F)CC2)c1. The van der Waals surface area contributed by atoms with Gasteiger partial charge in [0.15, 0.2) is 5.11 Å². The Morgan fingerprint density at radius 3 is 2.50 bits per heavy atom. The van der Waals surface area contributed by atoms with Gasteiger partial charge in [0.05, 0.1) is 11.9 Å². The molecule has 0 radical (unpaired) electrons. The van der Waals surface area contributed by atoms with Crippen molar-refractivity contribution >= 4 is 34.9 Å². The van der Waals surface area contributed by atoms with Crippen molar-refractivity contribution in [3.8, 4) is 0 Å². The number of likely N-dealkylation sites (N-methyl/N-ethyl adjacent to an activating group) is 1. The van der Waals surface area contributed by atoms with Crippen molar-refractivity contribution < 1.29 is 4.39 Å². The summed E-state index contributed by atoms with van der Waals surface area (Å²) in [6, 6.07) is 12.8. The van der Waals surface area contributed by atoms with Crippen molar-refractivity contribution in [2.45, 2.75) is 38.1 Å². The summed E-state index contributed by atoms with van der Waals surface area (Å²) in [5, 5.41) is 4.19. The maximum Gasteiger partial charge on any atom is 0.184 e. The van der Waals surface area contributed by atoms with E-state index in [9.17, 15) is 0 Å². The maximum atomic E-state index is 15.4. The molecule has 0 aliphatic carbocycles. The summed E-state index contributed by atoms with van der Waals surface area (Å²) in [7, 11) is 4.22. The molecule has 0 spiro atoms. The fourth-order valence-corrected chi connectivity index (χ4v) is 5.16. The average molecular weight is 483 g/mol. The molecule has 1 atom stereocenters. The molecule has 2 saturated heterocycles. The summed E-state index contributed by atoms with van der Waals surface area (Å²) in [5.74, 6) is 0.300. The van der Waals surface area contributed by atoms with Gasteiger partial charge in [-0.25, -0.2) is 4.39 Å². The van der Waals surface area contributed by atoms with Gasteiger partial charge in [-0.2, -0.15) is 5.10 Å². The van der Waals surface area contributed by atoms with Gasteiger partial charge in [-0.05, 0) is 76.1 Å². The third kappa shape index (κ3) is 5.67. The quantitative estimate of drug-likeness (QED) is 0.371. The smallest absolute Gasteiger partial charge is 0.184 e. The van der Waals surface area contributed by atoms with E-state index in [2.05, 4.69) is 70.5 Å². The topological polar surface area (TPSA) is 60.1 Å². The average Bonchev–Trinajstić information content (AvgIpc) is 3.30. The molecule has 0 saturated carbocycles. The molecule has 2 aromatic carbocycles. The monoisotopic (exact) mass is 482 g/mol. The van der Waals surface area contributed by atoms with Crippen molar-refractivity contribution in [3.05, 3.63) is 58.9 Å². The predicted molar refractivity (Wildman–Crippen MR) is 144 cm³/mol. The number of piperidine rings is 1. The van der Waals surface area contributed by atoms with Crippen LogP contribution in [0.1, 0.15) is 41.9 Å². The number of nitrogens with two attached hydrogens (primary N) is 1. The first-order valence-electron chi connectivity index (χ1n) is 12.0. The van der Waals surface area contributed by atoms with Crippen LogP contribution in [-0.4, -0.2) is 62.5 Å². The number of hydrogen-bond donors (Lipinski definition) is 2. The zero-order valence-corrected chi connectivity index (χ0v) is 21.1. The van der Waals surface area contributed by atoms with Crippen LogP contribution in [0.3, 0.4) is 0 Å². The highest BCUT2D eigenvalue weighted by atomic mass is 32.1. The van der Waals surface area contributed by atoms with Gasteiger partial charge in [0, 0.05) is 43.5 Å². The standard InChI is InChI=1S/C26H35FN6S/c1-18-5-4-6-20(13-18)19-7-10-32(11-8-19)25-15-24(33-12-9-22(17-33)31(2)3)21(14-23(25)27)16-29-30-26(28)34/h4-6,13-16,19,22H,7-12,17H2,1-3H3,(H3,28,30,34)/t22-/m1/s1. The van der Waals surface area contributed by atoms with E-state index in [1.54, 1.807) is 12.3 Å². The second-order valence-corrected chi connectivity index (χ2v) is 10.1. The molecule has 2 aromatic rings. The molecule has 4 rings (SSSR count). The van der Waals surface area contributed by atoms with Crippen LogP contribution >= 0.6 is 12.2 Å². The third-order valence-corrected chi connectivity index (χ3v) is 7.15. The molecular formula is C26H35FN6S. The molecule has 2 heterocycles. The first kappa shape index (κ1) is 24.4. The Kier molecular flexibility index (Phi) is 7.68. The lowest BCUT2D eigenvalue weighted by molar-refractivity contribution is 0.315. The first-order valence-corrected chi connectivity index (χ1v) is 12.4. The number of halogens is 1. The summed E-state index contributed by atoms with van der Waals surface area (Å²) < 4.78 is 15.4. The minimum atomic E-state index is -0.224. The van der Waals surface area contributed by atoms with E-state index in [4.69, 9.17) is 18.0 Å². The zero-order chi connectivity index (χ0) is 24.2. The van der Waals surface area contributed by atoms with Crippen molar-refractivity contribution in [2.24, 2.45) is 10.8 Å². The molecule has 2 aliphatic rings. The molecule has 6 nitrogen and oxygen atoms in total. The number of rotatable bonds is 6. The minimum absolute atomic E-state index is 0.0835. The first-order chi connectivity index (χ1) is 16.3. The number of thiocarbonyl (C=S) groups is 1. The van der Waals surface area contributed by atoms with E-state index in [0.29, 0.717) is 17.6 Å². The summed E-state index contributed by atoms with van der Waals surface area (Å²) in [4.78, 5) is 6.77. The van der Waals surface area contributed by atoms with E-state index in [1.807, 2.05) is 6.07 Å². The fraction of sp³-hybridized carbons (Fsp3) is 0.462. The summed E-state index contributed by atoms with van der Waals surface area (Å²) >= 11 is 4.84. The van der Waals surface area contributed by atoms with Crippen molar-refractivity contribution in [1.82, 2.24) is 10.3 Å². The lowest BCUT2D eigenvalue weighted by atomic mass is 9.88. The van der Waals surface area contributed by atoms with Gasteiger partial charge < -0.3 is 20.4 Å². The number of nitrogens with one attached hydrogen (secondary N) is 1. The Labute approximate surface area is 207 Å². The highest BCUT2D eigenvalue weighted by molar-refractivity contribution is 7.80. The Bertz CT molecular complexity index is 1050. The van der Waals surface area contributed by atoms with Gasteiger partial charge in [0.1, 0.15) is 5.82 Å². The number of aryl methyl sites for hydroxylation is 1. The van der Waals surface area contributed by atoms with Crippen LogP contribution in [-0.2, 0) is 0 Å². The third-order valence-electron chi connectivity index (χ3n) is 7.06. The van der Waals surface area contributed by atoms with Gasteiger partial charge in [-0.3, -0.25) is 5.43 Å². The second-order valence-electron chi connectivity index (χ2n) is 9.62. The van der Waals surface area contributed by atoms with E-state index in [-0.39, 0.29) is 10.9 Å². The van der Waals surface area contributed by atoms with Gasteiger partial charge >= 0.3 is 0 Å². The summed E-state index contributed by atoms with van der Waals surface area (Å²) in [6.07, 6.45) is 4.72. The largest absolute Gasteiger partial charge is 0.375 e. The molecule has 0 amide bonds. The van der Waals surface area contributed by atoms with E-state index < -0.39 is 0 Å². The minimum Gasteiger partial charge on any atom is -0.375 e. The normalized spacial score (nSPS) is 19.4. The van der Waals surface area contributed by atoms with Crippen LogP contribution in [0.2, 0.25) is 0 Å². The van der Waals surface area contributed by atoms with Crippen LogP contribution in [0.15, 0.2) is 41.5 Å². The molecule has 2 aliphatic heterocycles. The zero-order valence-electron chi connectivity index (χ0n) is 20.3. The van der Waals surface area contributed by atoms with E-state index in [0.717, 1.165) is 56.7 Å². The highest BCUT2D eigenvalue weighted by Crippen LogP contribution is 2.36. The van der Waals surface area contributed by atoms with Crippen LogP contribution in [0.25, 0.3) is 0 Å².